The van der Waals surface area contributed by atoms with E-state index < -0.39 is 16.1 Å². The van der Waals surface area contributed by atoms with Crippen LogP contribution in [0.5, 0.6) is 0 Å². The largest absolute Gasteiger partial charge is 0.324 e. The van der Waals surface area contributed by atoms with Crippen LogP contribution in [0.15, 0.2) is 51.8 Å². The van der Waals surface area contributed by atoms with Crippen molar-refractivity contribution < 1.29 is 13.2 Å². The molecule has 1 aliphatic rings. The summed E-state index contributed by atoms with van der Waals surface area (Å²) >= 11 is 9.43. The monoisotopic (exact) mass is 470 g/mol. The summed E-state index contributed by atoms with van der Waals surface area (Å²) in [4.78, 5) is 13.1. The van der Waals surface area contributed by atoms with Gasteiger partial charge in [0.15, 0.2) is 0 Å². The molecule has 1 fully saturated rings. The number of piperidine rings is 1. The molecular formula is C19H20BrClN2O3S. The number of rotatable bonds is 4. The SMILES string of the molecule is Cc1c(Cl)cccc1NC(=O)[C@@H]1CCCCN1S(=O)(=O)c1ccc(Br)cc1. The molecule has 1 amide bonds. The van der Waals surface area contributed by atoms with Gasteiger partial charge in [-0.3, -0.25) is 4.79 Å². The summed E-state index contributed by atoms with van der Waals surface area (Å²) in [6, 6.07) is 11.0. The Morgan fingerprint density at radius 1 is 1.19 bits per heavy atom. The number of carbonyl (C=O) groups excluding carboxylic acids is 1. The minimum Gasteiger partial charge on any atom is -0.324 e. The van der Waals surface area contributed by atoms with Gasteiger partial charge in [-0.25, -0.2) is 8.42 Å². The van der Waals surface area contributed by atoms with Crippen molar-refractivity contribution in [2.45, 2.75) is 37.1 Å². The molecule has 0 radical (unpaired) electrons. The van der Waals surface area contributed by atoms with Gasteiger partial charge in [0.1, 0.15) is 6.04 Å². The molecule has 27 heavy (non-hydrogen) atoms. The Morgan fingerprint density at radius 3 is 2.59 bits per heavy atom. The van der Waals surface area contributed by atoms with E-state index in [1.807, 2.05) is 6.92 Å². The molecule has 1 atom stereocenters. The molecule has 1 heterocycles. The number of amides is 1. The van der Waals surface area contributed by atoms with Crippen LogP contribution in [0.25, 0.3) is 0 Å². The van der Waals surface area contributed by atoms with Gasteiger partial charge in [-0.1, -0.05) is 40.0 Å². The van der Waals surface area contributed by atoms with E-state index in [0.717, 1.165) is 22.9 Å². The molecule has 1 saturated heterocycles. The minimum atomic E-state index is -3.76. The molecule has 0 aromatic heterocycles. The fraction of sp³-hybridized carbons (Fsp3) is 0.316. The quantitative estimate of drug-likeness (QED) is 0.709. The summed E-state index contributed by atoms with van der Waals surface area (Å²) in [5.74, 6) is -0.333. The van der Waals surface area contributed by atoms with Gasteiger partial charge in [0.05, 0.1) is 4.90 Å². The minimum absolute atomic E-state index is 0.185. The van der Waals surface area contributed by atoms with E-state index in [4.69, 9.17) is 11.6 Å². The first-order chi connectivity index (χ1) is 12.8. The summed E-state index contributed by atoms with van der Waals surface area (Å²) in [7, 11) is -3.76. The maximum Gasteiger partial charge on any atom is 0.243 e. The highest BCUT2D eigenvalue weighted by atomic mass is 79.9. The van der Waals surface area contributed by atoms with Gasteiger partial charge >= 0.3 is 0 Å². The van der Waals surface area contributed by atoms with Crippen LogP contribution in [0, 0.1) is 6.92 Å². The smallest absolute Gasteiger partial charge is 0.243 e. The van der Waals surface area contributed by atoms with Crippen molar-refractivity contribution in [2.24, 2.45) is 0 Å². The predicted octanol–water partition coefficient (Wildman–Crippen LogP) is 4.59. The van der Waals surface area contributed by atoms with E-state index in [9.17, 15) is 13.2 Å². The third-order valence-corrected chi connectivity index (χ3v) is 7.56. The molecule has 5 nitrogen and oxygen atoms in total. The van der Waals surface area contributed by atoms with Crippen LogP contribution in [-0.4, -0.2) is 31.2 Å². The number of nitrogens with zero attached hydrogens (tertiary/aromatic N) is 1. The molecule has 3 rings (SSSR count). The zero-order valence-corrected chi connectivity index (χ0v) is 17.9. The van der Waals surface area contributed by atoms with Gasteiger partial charge in [0.2, 0.25) is 15.9 Å². The third kappa shape index (κ3) is 4.37. The first-order valence-electron chi connectivity index (χ1n) is 8.64. The molecule has 0 bridgehead atoms. The van der Waals surface area contributed by atoms with Crippen molar-refractivity contribution in [2.75, 3.05) is 11.9 Å². The van der Waals surface area contributed by atoms with E-state index in [2.05, 4.69) is 21.2 Å². The maximum atomic E-state index is 13.1. The van der Waals surface area contributed by atoms with E-state index in [0.29, 0.717) is 23.7 Å². The molecule has 0 unspecified atom stereocenters. The van der Waals surface area contributed by atoms with Crippen molar-refractivity contribution >= 4 is 49.1 Å². The number of sulfonamides is 1. The molecular weight excluding hydrogens is 452 g/mol. The van der Waals surface area contributed by atoms with E-state index in [1.54, 1.807) is 42.5 Å². The van der Waals surface area contributed by atoms with E-state index in [1.165, 1.54) is 4.31 Å². The predicted molar refractivity (Wildman–Crippen MR) is 110 cm³/mol. The highest BCUT2D eigenvalue weighted by molar-refractivity contribution is 9.10. The van der Waals surface area contributed by atoms with Crippen LogP contribution in [0.4, 0.5) is 5.69 Å². The number of anilines is 1. The Balaban J connectivity index is 1.87. The molecule has 144 valence electrons. The summed E-state index contributed by atoms with van der Waals surface area (Å²) in [6.45, 7) is 2.14. The number of hydrogen-bond donors (Lipinski definition) is 1. The maximum absolute atomic E-state index is 13.1. The highest BCUT2D eigenvalue weighted by Gasteiger charge is 2.37. The molecule has 0 aliphatic carbocycles. The molecule has 2 aromatic carbocycles. The lowest BCUT2D eigenvalue weighted by Crippen LogP contribution is -2.49. The highest BCUT2D eigenvalue weighted by Crippen LogP contribution is 2.28. The lowest BCUT2D eigenvalue weighted by Gasteiger charge is -2.33. The lowest BCUT2D eigenvalue weighted by atomic mass is 10.0. The van der Waals surface area contributed by atoms with Crippen molar-refractivity contribution in [3.63, 3.8) is 0 Å². The van der Waals surface area contributed by atoms with Gasteiger partial charge in [0.25, 0.3) is 0 Å². The van der Waals surface area contributed by atoms with Crippen LogP contribution in [0.2, 0.25) is 5.02 Å². The molecule has 1 N–H and O–H groups in total. The van der Waals surface area contributed by atoms with Crippen LogP contribution >= 0.6 is 27.5 Å². The summed E-state index contributed by atoms with van der Waals surface area (Å²) in [5, 5.41) is 3.40. The molecule has 8 heteroatoms. The summed E-state index contributed by atoms with van der Waals surface area (Å²) in [6.07, 6.45) is 2.02. The lowest BCUT2D eigenvalue weighted by molar-refractivity contribution is -0.120. The first kappa shape index (κ1) is 20.3. The van der Waals surface area contributed by atoms with Gasteiger partial charge in [-0.05, 0) is 61.7 Å². The fourth-order valence-corrected chi connectivity index (χ4v) is 5.25. The molecule has 0 spiro atoms. The van der Waals surface area contributed by atoms with Crippen LogP contribution in [0.1, 0.15) is 24.8 Å². The summed E-state index contributed by atoms with van der Waals surface area (Å²) < 4.78 is 28.3. The zero-order valence-electron chi connectivity index (χ0n) is 14.8. The standard InChI is InChI=1S/C19H20BrClN2O3S/c1-13-16(21)5-4-6-17(13)22-19(24)18-7-2-3-12-23(18)27(25,26)15-10-8-14(20)9-11-15/h4-6,8-11,18H,2-3,7,12H2,1H3,(H,22,24)/t18-/m0/s1. The van der Waals surface area contributed by atoms with Crippen molar-refractivity contribution in [3.8, 4) is 0 Å². The average Bonchev–Trinajstić information content (AvgIpc) is 2.66. The van der Waals surface area contributed by atoms with Crippen molar-refractivity contribution in [1.82, 2.24) is 4.31 Å². The zero-order chi connectivity index (χ0) is 19.6. The first-order valence-corrected chi connectivity index (χ1v) is 11.2. The molecule has 2 aromatic rings. The Hall–Kier alpha value is -1.41. The fourth-order valence-electron chi connectivity index (χ4n) is 3.16. The number of nitrogens with one attached hydrogen (secondary N) is 1. The van der Waals surface area contributed by atoms with Gasteiger partial charge in [-0.2, -0.15) is 4.31 Å². The number of halogens is 2. The second-order valence-corrected chi connectivity index (χ2v) is 9.70. The Kier molecular flexibility index (Phi) is 6.25. The number of hydrogen-bond acceptors (Lipinski definition) is 3. The Bertz CT molecular complexity index is 948. The van der Waals surface area contributed by atoms with Crippen LogP contribution in [0.3, 0.4) is 0 Å². The number of benzene rings is 2. The van der Waals surface area contributed by atoms with E-state index in [-0.39, 0.29) is 10.8 Å². The second-order valence-electron chi connectivity index (χ2n) is 6.48. The van der Waals surface area contributed by atoms with Gasteiger partial charge in [-0.15, -0.1) is 0 Å². The topological polar surface area (TPSA) is 66.5 Å². The van der Waals surface area contributed by atoms with E-state index >= 15 is 0 Å². The molecule has 1 aliphatic heterocycles. The van der Waals surface area contributed by atoms with Crippen LogP contribution in [-0.2, 0) is 14.8 Å². The summed E-state index contributed by atoms with van der Waals surface area (Å²) in [5.41, 5.74) is 1.35. The average molecular weight is 472 g/mol. The van der Waals surface area contributed by atoms with Gasteiger partial charge < -0.3 is 5.32 Å². The van der Waals surface area contributed by atoms with Crippen molar-refractivity contribution in [3.05, 3.63) is 57.5 Å². The normalized spacial score (nSPS) is 18.3. The second kappa shape index (κ2) is 8.31. The molecule has 0 saturated carbocycles. The Labute approximate surface area is 172 Å². The van der Waals surface area contributed by atoms with Crippen LogP contribution < -0.4 is 5.32 Å². The van der Waals surface area contributed by atoms with Crippen molar-refractivity contribution in [1.29, 1.82) is 0 Å². The van der Waals surface area contributed by atoms with Gasteiger partial charge in [0, 0.05) is 21.7 Å². The Morgan fingerprint density at radius 2 is 1.89 bits per heavy atom. The number of carbonyl (C=O) groups is 1. The third-order valence-electron chi connectivity index (χ3n) is 4.70.